The maximum Gasteiger partial charge on any atom is 0.417 e. The second-order valence-electron chi connectivity index (χ2n) is 8.61. The lowest BCUT2D eigenvalue weighted by Gasteiger charge is -2.22. The Hall–Kier alpha value is -3.27. The third kappa shape index (κ3) is 6.85. The van der Waals surface area contributed by atoms with Crippen molar-refractivity contribution >= 4 is 17.3 Å². The lowest BCUT2D eigenvalue weighted by molar-refractivity contribution is -0.164. The summed E-state index contributed by atoms with van der Waals surface area (Å²) in [6, 6.07) is 13.8. The molecule has 2 aromatic carbocycles. The number of nitriles is 1. The van der Waals surface area contributed by atoms with Gasteiger partial charge in [-0.3, -0.25) is 4.79 Å². The maximum absolute atomic E-state index is 13.8. The van der Waals surface area contributed by atoms with Crippen LogP contribution in [0.1, 0.15) is 69.7 Å². The number of nitrogens with zero attached hydrogens (tertiary/aromatic N) is 1. The molecule has 2 aromatic rings. The van der Waals surface area contributed by atoms with Crippen LogP contribution in [0.2, 0.25) is 0 Å². The van der Waals surface area contributed by atoms with Gasteiger partial charge in [-0.2, -0.15) is 18.4 Å². The molecule has 0 aliphatic rings. The number of benzene rings is 2. The van der Waals surface area contributed by atoms with Crippen molar-refractivity contribution in [3.05, 3.63) is 70.8 Å². The number of hydrogen-bond acceptors (Lipinski definition) is 4. The smallest absolute Gasteiger partial charge is 0.417 e. The summed E-state index contributed by atoms with van der Waals surface area (Å²) in [5, 5.41) is 9.94. The van der Waals surface area contributed by atoms with Crippen molar-refractivity contribution in [1.82, 2.24) is 0 Å². The van der Waals surface area contributed by atoms with E-state index < -0.39 is 24.0 Å². The van der Waals surface area contributed by atoms with Crippen LogP contribution in [0.3, 0.4) is 0 Å². The van der Waals surface area contributed by atoms with Crippen molar-refractivity contribution in [2.24, 2.45) is 0 Å². The van der Waals surface area contributed by atoms with Crippen molar-refractivity contribution in [2.45, 2.75) is 65.3 Å². The van der Waals surface area contributed by atoms with Crippen LogP contribution in [0, 0.1) is 11.3 Å². The fraction of sp³-hybridized carbons (Fsp3) is 0.385. The summed E-state index contributed by atoms with van der Waals surface area (Å²) in [5.74, 6) is -0.841. The summed E-state index contributed by atoms with van der Waals surface area (Å²) >= 11 is 0. The molecular formula is C26H28F3NO3. The van der Waals surface area contributed by atoms with Gasteiger partial charge < -0.3 is 9.47 Å². The molecule has 0 spiro atoms. The number of esters is 1. The van der Waals surface area contributed by atoms with Gasteiger partial charge in [-0.1, -0.05) is 70.2 Å². The van der Waals surface area contributed by atoms with Crippen molar-refractivity contribution in [2.75, 3.05) is 0 Å². The Morgan fingerprint density at radius 1 is 1.03 bits per heavy atom. The minimum atomic E-state index is -4.68. The number of alkyl halides is 3. The van der Waals surface area contributed by atoms with Crippen LogP contribution in [0.15, 0.2) is 48.5 Å². The van der Waals surface area contributed by atoms with Gasteiger partial charge in [0.05, 0.1) is 5.56 Å². The van der Waals surface area contributed by atoms with E-state index in [2.05, 4.69) is 0 Å². The molecule has 0 N–H and O–H groups in total. The van der Waals surface area contributed by atoms with Crippen LogP contribution < -0.4 is 0 Å². The highest BCUT2D eigenvalue weighted by atomic mass is 19.4. The van der Waals surface area contributed by atoms with Crippen molar-refractivity contribution < 1.29 is 27.4 Å². The van der Waals surface area contributed by atoms with Crippen LogP contribution in [0.25, 0.3) is 11.3 Å². The second-order valence-corrected chi connectivity index (χ2v) is 8.61. The molecule has 33 heavy (non-hydrogen) atoms. The Kier molecular flexibility index (Phi) is 8.32. The van der Waals surface area contributed by atoms with Crippen LogP contribution in [0.5, 0.6) is 0 Å². The Labute approximate surface area is 192 Å². The van der Waals surface area contributed by atoms with Gasteiger partial charge in [-0.25, -0.2) is 0 Å². The zero-order valence-electron chi connectivity index (χ0n) is 19.4. The molecule has 1 atom stereocenters. The molecule has 4 nitrogen and oxygen atoms in total. The minimum absolute atomic E-state index is 0.0921. The molecule has 0 saturated heterocycles. The monoisotopic (exact) mass is 459 g/mol. The zero-order chi connectivity index (χ0) is 24.8. The molecule has 0 bridgehead atoms. The normalized spacial score (nSPS) is 13.5. The highest BCUT2D eigenvalue weighted by Crippen LogP contribution is 2.38. The van der Waals surface area contributed by atoms with E-state index in [9.17, 15) is 23.2 Å². The Morgan fingerprint density at radius 3 is 2.15 bits per heavy atom. The quantitative estimate of drug-likeness (QED) is 0.146. The summed E-state index contributed by atoms with van der Waals surface area (Å²) in [7, 11) is 0. The molecule has 0 aromatic heterocycles. The first-order chi connectivity index (χ1) is 15.4. The lowest BCUT2D eigenvalue weighted by Crippen LogP contribution is -2.19. The highest BCUT2D eigenvalue weighted by molar-refractivity contribution is 5.95. The Morgan fingerprint density at radius 2 is 1.64 bits per heavy atom. The first kappa shape index (κ1) is 26.0. The van der Waals surface area contributed by atoms with E-state index >= 15 is 0 Å². The van der Waals surface area contributed by atoms with Gasteiger partial charge in [0, 0.05) is 18.9 Å². The van der Waals surface area contributed by atoms with Crippen molar-refractivity contribution in [3.63, 3.8) is 0 Å². The summed E-state index contributed by atoms with van der Waals surface area (Å²) in [4.78, 5) is 11.9. The van der Waals surface area contributed by atoms with Crippen LogP contribution in [-0.2, 0) is 25.9 Å². The van der Waals surface area contributed by atoms with Gasteiger partial charge in [-0.15, -0.1) is 0 Å². The number of rotatable bonds is 7. The third-order valence-electron chi connectivity index (χ3n) is 4.89. The molecule has 0 aliphatic heterocycles. The Balaban J connectivity index is 2.66. The fourth-order valence-corrected chi connectivity index (χ4v) is 3.21. The van der Waals surface area contributed by atoms with E-state index in [1.165, 1.54) is 25.1 Å². The Bertz CT molecular complexity index is 1040. The van der Waals surface area contributed by atoms with Crippen molar-refractivity contribution in [1.29, 1.82) is 5.26 Å². The van der Waals surface area contributed by atoms with Gasteiger partial charge in [-0.05, 0) is 29.0 Å². The van der Waals surface area contributed by atoms with Gasteiger partial charge >= 0.3 is 12.1 Å². The maximum atomic E-state index is 13.8. The molecular weight excluding hydrogens is 431 g/mol. The summed E-state index contributed by atoms with van der Waals surface area (Å²) in [5.41, 5.74) is -0.0936. The summed E-state index contributed by atoms with van der Waals surface area (Å²) < 4.78 is 52.2. The number of ether oxygens (including phenoxy) is 2. The molecule has 0 aliphatic carbocycles. The first-order valence-electron chi connectivity index (χ1n) is 10.7. The van der Waals surface area contributed by atoms with E-state index in [1.807, 2.05) is 39.0 Å². The number of hydrogen-bond donors (Lipinski definition) is 0. The topological polar surface area (TPSA) is 59.3 Å². The SMILES string of the molecule is CCCC(=O)OC(C)OC(=C(C#N)c1ccc(C(C)(C)C)cc1)c1ccccc1C(F)(F)F. The van der Waals surface area contributed by atoms with E-state index in [0.29, 0.717) is 12.0 Å². The average Bonchev–Trinajstić information content (AvgIpc) is 2.73. The molecule has 0 heterocycles. The zero-order valence-corrected chi connectivity index (χ0v) is 19.4. The number of carbonyl (C=O) groups excluding carboxylic acids is 1. The highest BCUT2D eigenvalue weighted by Gasteiger charge is 2.35. The minimum Gasteiger partial charge on any atom is -0.453 e. The molecule has 0 fully saturated rings. The summed E-state index contributed by atoms with van der Waals surface area (Å²) in [6.45, 7) is 9.30. The van der Waals surface area contributed by atoms with Gasteiger partial charge in [0.2, 0.25) is 6.29 Å². The molecule has 0 radical (unpaired) electrons. The standard InChI is InChI=1S/C26H28F3NO3/c1-6-9-23(31)32-17(2)33-24(20-10-7-8-11-22(20)26(27,28)29)21(16-30)18-12-14-19(15-13-18)25(3,4)5/h7-8,10-15,17H,6,9H2,1-5H3. The second kappa shape index (κ2) is 10.6. The van der Waals surface area contributed by atoms with Crippen LogP contribution in [0.4, 0.5) is 13.2 Å². The number of allylic oxidation sites excluding steroid dienone is 1. The average molecular weight is 460 g/mol. The predicted molar refractivity (Wildman–Crippen MR) is 121 cm³/mol. The molecule has 1 unspecified atom stereocenters. The van der Waals surface area contributed by atoms with Gasteiger partial charge in [0.1, 0.15) is 17.4 Å². The molecule has 7 heteroatoms. The van der Waals surface area contributed by atoms with E-state index in [1.54, 1.807) is 19.1 Å². The van der Waals surface area contributed by atoms with Gasteiger partial charge in [0.25, 0.3) is 0 Å². The van der Waals surface area contributed by atoms with E-state index in [0.717, 1.165) is 11.6 Å². The number of halogens is 3. The molecule has 2 rings (SSSR count). The van der Waals surface area contributed by atoms with E-state index in [4.69, 9.17) is 9.47 Å². The van der Waals surface area contributed by atoms with Crippen LogP contribution >= 0.6 is 0 Å². The fourth-order valence-electron chi connectivity index (χ4n) is 3.21. The third-order valence-corrected chi connectivity index (χ3v) is 4.89. The lowest BCUT2D eigenvalue weighted by atomic mass is 9.86. The molecule has 0 saturated carbocycles. The van der Waals surface area contributed by atoms with Crippen molar-refractivity contribution in [3.8, 4) is 6.07 Å². The molecule has 176 valence electrons. The van der Waals surface area contributed by atoms with Crippen LogP contribution in [-0.4, -0.2) is 12.3 Å². The van der Waals surface area contributed by atoms with Gasteiger partial charge in [0.15, 0.2) is 0 Å². The predicted octanol–water partition coefficient (Wildman–Crippen LogP) is 7.10. The largest absolute Gasteiger partial charge is 0.453 e. The first-order valence-corrected chi connectivity index (χ1v) is 10.7. The van der Waals surface area contributed by atoms with E-state index in [-0.39, 0.29) is 28.7 Å². The summed E-state index contributed by atoms with van der Waals surface area (Å²) in [6.07, 6.45) is -5.18. The molecule has 0 amide bonds. The number of carbonyl (C=O) groups is 1.